The van der Waals surface area contributed by atoms with Crippen molar-refractivity contribution >= 4 is 22.6 Å². The monoisotopic (exact) mass is 569 g/mol. The van der Waals surface area contributed by atoms with Gasteiger partial charge in [-0.1, -0.05) is 6.92 Å². The lowest BCUT2D eigenvalue weighted by Gasteiger charge is -2.47. The Morgan fingerprint density at radius 3 is 2.51 bits per heavy atom. The molecule has 3 aromatic rings. The first-order valence-corrected chi connectivity index (χ1v) is 14.0. The third-order valence-corrected chi connectivity index (χ3v) is 8.06. The Balaban J connectivity index is 1.42. The van der Waals surface area contributed by atoms with E-state index in [9.17, 15) is 14.7 Å². The molecular formula is C30H39N3O8. The second-order valence-corrected chi connectivity index (χ2v) is 11.2. The lowest BCUT2D eigenvalue weighted by Crippen LogP contribution is -2.65. The third-order valence-electron chi connectivity index (χ3n) is 8.06. The van der Waals surface area contributed by atoms with Gasteiger partial charge in [-0.2, -0.15) is 0 Å². The number of aryl methyl sites for hydroxylation is 2. The molecule has 2 fully saturated rings. The normalized spacial score (nSPS) is 24.9. The molecule has 0 radical (unpaired) electrons. The second-order valence-electron chi connectivity index (χ2n) is 11.2. The molecule has 2 aromatic heterocycles. The number of rotatable bonds is 7. The van der Waals surface area contributed by atoms with Crippen LogP contribution in [0.4, 0.5) is 5.69 Å². The number of aromatic amines is 1. The smallest absolute Gasteiger partial charge is 0.355 e. The first-order chi connectivity index (χ1) is 19.5. The number of carbonyl (C=O) groups is 1. The van der Waals surface area contributed by atoms with Gasteiger partial charge in [0, 0.05) is 56.0 Å². The number of aliphatic hydroxyl groups is 1. The van der Waals surface area contributed by atoms with E-state index in [2.05, 4.69) is 21.7 Å². The average molecular weight is 570 g/mol. The molecule has 0 aliphatic carbocycles. The maximum Gasteiger partial charge on any atom is 0.355 e. The zero-order valence-electron chi connectivity index (χ0n) is 24.4. The average Bonchev–Trinajstić information content (AvgIpc) is 3.39. The van der Waals surface area contributed by atoms with Gasteiger partial charge in [-0.05, 0) is 58.5 Å². The largest absolute Gasteiger partial charge is 0.462 e. The number of H-pyrrole nitrogens is 1. The minimum Gasteiger partial charge on any atom is -0.462 e. The molecule has 2 aliphatic rings. The van der Waals surface area contributed by atoms with E-state index in [1.165, 1.54) is 13.2 Å². The molecule has 0 spiro atoms. The van der Waals surface area contributed by atoms with E-state index in [1.54, 1.807) is 39.0 Å². The highest BCUT2D eigenvalue weighted by Crippen LogP contribution is 2.37. The van der Waals surface area contributed by atoms with Crippen molar-refractivity contribution in [3.05, 3.63) is 57.7 Å². The lowest BCUT2D eigenvalue weighted by molar-refractivity contribution is -0.305. The summed E-state index contributed by atoms with van der Waals surface area (Å²) in [5.74, 6) is -0.258. The molecule has 11 nitrogen and oxygen atoms in total. The number of likely N-dealkylation sites (N-methyl/N-ethyl adjacent to an activating group) is 1. The van der Waals surface area contributed by atoms with Crippen molar-refractivity contribution in [1.29, 1.82) is 0 Å². The summed E-state index contributed by atoms with van der Waals surface area (Å²) < 4.78 is 29.4. The van der Waals surface area contributed by atoms with Gasteiger partial charge in [-0.15, -0.1) is 0 Å². The van der Waals surface area contributed by atoms with E-state index in [4.69, 9.17) is 23.4 Å². The van der Waals surface area contributed by atoms with Crippen LogP contribution in [-0.2, 0) is 14.2 Å². The van der Waals surface area contributed by atoms with Crippen LogP contribution in [0.25, 0.3) is 11.0 Å². The predicted molar refractivity (Wildman–Crippen MR) is 153 cm³/mol. The van der Waals surface area contributed by atoms with Crippen molar-refractivity contribution in [2.75, 3.05) is 44.7 Å². The van der Waals surface area contributed by atoms with Crippen LogP contribution in [0.1, 0.15) is 42.5 Å². The van der Waals surface area contributed by atoms with E-state index >= 15 is 0 Å². The third kappa shape index (κ3) is 5.72. The molecule has 11 heteroatoms. The Bertz CT molecular complexity index is 1460. The summed E-state index contributed by atoms with van der Waals surface area (Å²) in [6.45, 7) is 13.8. The molecule has 2 saturated heterocycles. The van der Waals surface area contributed by atoms with Crippen molar-refractivity contribution in [2.24, 2.45) is 0 Å². The van der Waals surface area contributed by atoms with Crippen LogP contribution in [0.2, 0.25) is 0 Å². The van der Waals surface area contributed by atoms with Crippen LogP contribution in [0, 0.1) is 13.8 Å². The zero-order valence-corrected chi connectivity index (χ0v) is 24.4. The highest BCUT2D eigenvalue weighted by Gasteiger charge is 2.53. The van der Waals surface area contributed by atoms with Gasteiger partial charge in [0.25, 0.3) is 0 Å². The van der Waals surface area contributed by atoms with Gasteiger partial charge in [0.2, 0.25) is 6.29 Å². The zero-order chi connectivity index (χ0) is 29.5. The van der Waals surface area contributed by atoms with E-state index in [-0.39, 0.29) is 5.69 Å². The fourth-order valence-corrected chi connectivity index (χ4v) is 5.76. The fraction of sp³-hybridized carbons (Fsp3) is 0.533. The molecule has 2 N–H and O–H groups in total. The highest BCUT2D eigenvalue weighted by atomic mass is 16.7. The maximum atomic E-state index is 12.9. The Kier molecular flexibility index (Phi) is 8.15. The van der Waals surface area contributed by atoms with Crippen LogP contribution in [0.3, 0.4) is 0 Å². The summed E-state index contributed by atoms with van der Waals surface area (Å²) in [6.07, 6.45) is -4.44. The van der Waals surface area contributed by atoms with Gasteiger partial charge < -0.3 is 43.3 Å². The Morgan fingerprint density at radius 1 is 1.15 bits per heavy atom. The van der Waals surface area contributed by atoms with Crippen molar-refractivity contribution in [3.63, 3.8) is 0 Å². The summed E-state index contributed by atoms with van der Waals surface area (Å²) >= 11 is 0. The van der Waals surface area contributed by atoms with Gasteiger partial charge >= 0.3 is 11.6 Å². The number of piperazine rings is 1. The quantitative estimate of drug-likeness (QED) is 0.324. The first-order valence-electron chi connectivity index (χ1n) is 14.0. The molecule has 0 unspecified atom stereocenters. The highest BCUT2D eigenvalue weighted by molar-refractivity contribution is 5.93. The van der Waals surface area contributed by atoms with Gasteiger partial charge in [-0.3, -0.25) is 0 Å². The number of hydrogen-bond acceptors (Lipinski definition) is 10. The molecule has 0 saturated carbocycles. The van der Waals surface area contributed by atoms with Crippen LogP contribution in [0.5, 0.6) is 5.75 Å². The number of aliphatic hydroxyl groups excluding tert-OH is 1. The predicted octanol–water partition coefficient (Wildman–Crippen LogP) is 3.00. The van der Waals surface area contributed by atoms with Crippen molar-refractivity contribution in [1.82, 2.24) is 9.88 Å². The number of methoxy groups -OCH3 is 1. The van der Waals surface area contributed by atoms with E-state index in [0.717, 1.165) is 49.5 Å². The standard InChI is InChI=1S/C30H39N3O8/c1-7-32-12-14-33(15-13-32)21-16-23(34)39-25-18(3)22(11-9-19(21)25)38-29-24(35)26(27(37-6)30(4,5)41-29)40-28(36)20-10-8-17(2)31-20/h8-11,16,24,26-27,29,31,35H,7,12-15H2,1-6H3/t24-,26+,27-,29-/m1/s1. The number of carbonyl (C=O) groups excluding carboxylic acids is 1. The van der Waals surface area contributed by atoms with E-state index < -0.39 is 41.8 Å². The number of fused-ring (bicyclic) bond motifs is 1. The summed E-state index contributed by atoms with van der Waals surface area (Å²) in [7, 11) is 1.47. The summed E-state index contributed by atoms with van der Waals surface area (Å²) in [5.41, 5.74) is 1.46. The molecule has 0 bridgehead atoms. The lowest BCUT2D eigenvalue weighted by atomic mass is 9.89. The SMILES string of the molecule is CCN1CCN(c2cc(=O)oc3c(C)c(O[C@@H]4OC(C)(C)[C@H](OC)[C@@H](OC(=O)c5ccc(C)[nH]5)[C@H]4O)ccc23)CC1. The molecule has 41 heavy (non-hydrogen) atoms. The molecule has 0 amide bonds. The Morgan fingerprint density at radius 2 is 1.88 bits per heavy atom. The van der Waals surface area contributed by atoms with E-state index in [0.29, 0.717) is 16.9 Å². The minimum absolute atomic E-state index is 0.263. The van der Waals surface area contributed by atoms with Crippen LogP contribution >= 0.6 is 0 Å². The van der Waals surface area contributed by atoms with Crippen LogP contribution in [-0.4, -0.2) is 91.0 Å². The number of anilines is 1. The first kappa shape index (κ1) is 29.1. The molecule has 2 aliphatic heterocycles. The maximum absolute atomic E-state index is 12.9. The molecular weight excluding hydrogens is 530 g/mol. The van der Waals surface area contributed by atoms with Gasteiger partial charge in [0.15, 0.2) is 12.2 Å². The van der Waals surface area contributed by atoms with Crippen molar-refractivity contribution < 1.29 is 33.3 Å². The van der Waals surface area contributed by atoms with Gasteiger partial charge in [0.1, 0.15) is 23.1 Å². The van der Waals surface area contributed by atoms with Crippen molar-refractivity contribution in [3.8, 4) is 5.75 Å². The molecule has 4 heterocycles. The number of nitrogens with zero attached hydrogens (tertiary/aromatic N) is 2. The Labute approximate surface area is 238 Å². The van der Waals surface area contributed by atoms with E-state index in [1.807, 2.05) is 13.0 Å². The Hall–Kier alpha value is -3.38. The van der Waals surface area contributed by atoms with Crippen LogP contribution in [0.15, 0.2) is 39.5 Å². The number of ether oxygens (including phenoxy) is 4. The summed E-state index contributed by atoms with van der Waals surface area (Å²) in [5, 5.41) is 12.1. The molecule has 4 atom stereocenters. The second kappa shape index (κ2) is 11.5. The van der Waals surface area contributed by atoms with Crippen LogP contribution < -0.4 is 15.3 Å². The molecule has 1 aromatic carbocycles. The number of nitrogens with one attached hydrogen (secondary N) is 1. The number of esters is 1. The van der Waals surface area contributed by atoms with Crippen molar-refractivity contribution in [2.45, 2.75) is 64.8 Å². The number of benzene rings is 1. The minimum atomic E-state index is -1.38. The fourth-order valence-electron chi connectivity index (χ4n) is 5.76. The number of hydrogen-bond donors (Lipinski definition) is 2. The van der Waals surface area contributed by atoms with Gasteiger partial charge in [0.05, 0.1) is 11.3 Å². The number of aromatic nitrogens is 1. The molecule has 222 valence electrons. The topological polar surface area (TPSA) is 127 Å². The summed E-state index contributed by atoms with van der Waals surface area (Å²) in [6, 6.07) is 8.55. The van der Waals surface area contributed by atoms with Gasteiger partial charge in [-0.25, -0.2) is 9.59 Å². The molecule has 5 rings (SSSR count). The summed E-state index contributed by atoms with van der Waals surface area (Å²) in [4.78, 5) is 33.0.